The lowest BCUT2D eigenvalue weighted by atomic mass is 9.93. The zero-order valence-electron chi connectivity index (χ0n) is 12.0. The molecule has 2 aliphatic rings. The molecule has 0 bridgehead atoms. The Kier molecular flexibility index (Phi) is 5.46. The summed E-state index contributed by atoms with van der Waals surface area (Å²) in [5.41, 5.74) is 0.0665. The maximum Gasteiger partial charge on any atom is 0.0811 e. The predicted octanol–water partition coefficient (Wildman–Crippen LogP) is 2.88. The molecule has 1 N–H and O–H groups in total. The van der Waals surface area contributed by atoms with Gasteiger partial charge in [-0.3, -0.25) is 0 Å². The number of rotatable bonds is 7. The highest BCUT2D eigenvalue weighted by molar-refractivity contribution is 4.90. The third kappa shape index (κ3) is 4.52. The Hall–Kier alpha value is -0.120. The first-order valence-corrected chi connectivity index (χ1v) is 7.64. The number of ether oxygens (including phenoxy) is 2. The second kappa shape index (κ2) is 6.88. The Balaban J connectivity index is 1.89. The van der Waals surface area contributed by atoms with Crippen LogP contribution < -0.4 is 5.32 Å². The Morgan fingerprint density at radius 1 is 1.17 bits per heavy atom. The van der Waals surface area contributed by atoms with Crippen LogP contribution in [0.25, 0.3) is 0 Å². The van der Waals surface area contributed by atoms with Gasteiger partial charge in [-0.2, -0.15) is 0 Å². The summed E-state index contributed by atoms with van der Waals surface area (Å²) in [4.78, 5) is 0. The van der Waals surface area contributed by atoms with Crippen LogP contribution >= 0.6 is 0 Å². The maximum atomic E-state index is 6.39. The Morgan fingerprint density at radius 2 is 1.83 bits per heavy atom. The minimum atomic E-state index is 0.0665. The lowest BCUT2D eigenvalue weighted by Gasteiger charge is -2.36. The van der Waals surface area contributed by atoms with Crippen LogP contribution in [0.3, 0.4) is 0 Å². The van der Waals surface area contributed by atoms with Gasteiger partial charge in [0.15, 0.2) is 0 Å². The van der Waals surface area contributed by atoms with Gasteiger partial charge in [-0.15, -0.1) is 0 Å². The lowest BCUT2D eigenvalue weighted by molar-refractivity contribution is -0.113. The molecule has 0 radical (unpaired) electrons. The van der Waals surface area contributed by atoms with Gasteiger partial charge in [0, 0.05) is 19.7 Å². The van der Waals surface area contributed by atoms with Crippen LogP contribution in [0.1, 0.15) is 58.3 Å². The molecule has 2 fully saturated rings. The predicted molar refractivity (Wildman–Crippen MR) is 73.9 cm³/mol. The second-order valence-corrected chi connectivity index (χ2v) is 6.14. The van der Waals surface area contributed by atoms with Crippen molar-refractivity contribution < 1.29 is 9.47 Å². The van der Waals surface area contributed by atoms with Gasteiger partial charge >= 0.3 is 0 Å². The van der Waals surface area contributed by atoms with Gasteiger partial charge in [0.1, 0.15) is 0 Å². The fourth-order valence-corrected chi connectivity index (χ4v) is 3.02. The molecule has 0 aromatic rings. The van der Waals surface area contributed by atoms with Crippen molar-refractivity contribution in [2.75, 3.05) is 20.3 Å². The van der Waals surface area contributed by atoms with E-state index in [2.05, 4.69) is 12.2 Å². The smallest absolute Gasteiger partial charge is 0.0811 e. The lowest BCUT2D eigenvalue weighted by Crippen LogP contribution is -2.46. The summed E-state index contributed by atoms with van der Waals surface area (Å²) in [6, 6.07) is 0.770. The Bertz CT molecular complexity index is 233. The van der Waals surface area contributed by atoms with Crippen molar-refractivity contribution in [1.82, 2.24) is 5.32 Å². The van der Waals surface area contributed by atoms with Gasteiger partial charge in [-0.1, -0.05) is 25.7 Å². The molecule has 0 amide bonds. The SMILES string of the molecule is COCC(C)OC1(CNC2CC2)CCCCCC1. The van der Waals surface area contributed by atoms with E-state index in [1.54, 1.807) is 7.11 Å². The molecule has 1 atom stereocenters. The molecule has 0 aromatic heterocycles. The largest absolute Gasteiger partial charge is 0.382 e. The first-order chi connectivity index (χ1) is 8.74. The minimum absolute atomic E-state index is 0.0665. The van der Waals surface area contributed by atoms with E-state index in [1.807, 2.05) is 0 Å². The maximum absolute atomic E-state index is 6.39. The molecule has 0 aromatic carbocycles. The van der Waals surface area contributed by atoms with Gasteiger partial charge in [-0.25, -0.2) is 0 Å². The number of nitrogens with one attached hydrogen (secondary N) is 1. The molecule has 2 rings (SSSR count). The molecule has 0 heterocycles. The van der Waals surface area contributed by atoms with E-state index in [0.717, 1.165) is 12.6 Å². The Labute approximate surface area is 112 Å². The van der Waals surface area contributed by atoms with Crippen LogP contribution in [0, 0.1) is 0 Å². The van der Waals surface area contributed by atoms with Crippen molar-refractivity contribution in [3.63, 3.8) is 0 Å². The molecule has 2 aliphatic carbocycles. The minimum Gasteiger partial charge on any atom is -0.382 e. The fourth-order valence-electron chi connectivity index (χ4n) is 3.02. The van der Waals surface area contributed by atoms with E-state index in [0.29, 0.717) is 6.61 Å². The van der Waals surface area contributed by atoms with Crippen molar-refractivity contribution in [2.24, 2.45) is 0 Å². The van der Waals surface area contributed by atoms with Crippen molar-refractivity contribution in [3.05, 3.63) is 0 Å². The van der Waals surface area contributed by atoms with Gasteiger partial charge in [0.2, 0.25) is 0 Å². The van der Waals surface area contributed by atoms with E-state index in [9.17, 15) is 0 Å². The highest BCUT2D eigenvalue weighted by Gasteiger charge is 2.35. The van der Waals surface area contributed by atoms with E-state index in [4.69, 9.17) is 9.47 Å². The normalized spacial score (nSPS) is 25.7. The third-order valence-electron chi connectivity index (χ3n) is 4.16. The summed E-state index contributed by atoms with van der Waals surface area (Å²) < 4.78 is 11.6. The van der Waals surface area contributed by atoms with Crippen LogP contribution in [0.15, 0.2) is 0 Å². The topological polar surface area (TPSA) is 30.5 Å². The molecule has 1 unspecified atom stereocenters. The number of methoxy groups -OCH3 is 1. The molecule has 0 spiro atoms. The average Bonchev–Trinajstić information content (AvgIpc) is 3.14. The van der Waals surface area contributed by atoms with Crippen LogP contribution in [-0.4, -0.2) is 38.0 Å². The first-order valence-electron chi connectivity index (χ1n) is 7.64. The van der Waals surface area contributed by atoms with E-state index >= 15 is 0 Å². The van der Waals surface area contributed by atoms with Gasteiger partial charge in [-0.05, 0) is 32.6 Å². The van der Waals surface area contributed by atoms with Crippen molar-refractivity contribution in [1.29, 1.82) is 0 Å². The fraction of sp³-hybridized carbons (Fsp3) is 1.00. The van der Waals surface area contributed by atoms with Gasteiger partial charge in [0.05, 0.1) is 18.3 Å². The van der Waals surface area contributed by atoms with Crippen LogP contribution in [0.4, 0.5) is 0 Å². The molecule has 2 saturated carbocycles. The number of hydrogen-bond donors (Lipinski definition) is 1. The van der Waals surface area contributed by atoms with Crippen LogP contribution in [0.5, 0.6) is 0 Å². The third-order valence-corrected chi connectivity index (χ3v) is 4.16. The number of hydrogen-bond acceptors (Lipinski definition) is 3. The average molecular weight is 255 g/mol. The van der Waals surface area contributed by atoms with Gasteiger partial charge < -0.3 is 14.8 Å². The summed E-state index contributed by atoms with van der Waals surface area (Å²) in [5, 5.41) is 3.68. The van der Waals surface area contributed by atoms with Crippen molar-refractivity contribution >= 4 is 0 Å². The van der Waals surface area contributed by atoms with Crippen LogP contribution in [0.2, 0.25) is 0 Å². The highest BCUT2D eigenvalue weighted by atomic mass is 16.5. The Morgan fingerprint density at radius 3 is 2.39 bits per heavy atom. The summed E-state index contributed by atoms with van der Waals surface area (Å²) in [7, 11) is 1.75. The summed E-state index contributed by atoms with van der Waals surface area (Å²) in [6.45, 7) is 3.87. The van der Waals surface area contributed by atoms with Crippen molar-refractivity contribution in [2.45, 2.75) is 76.0 Å². The van der Waals surface area contributed by atoms with Crippen LogP contribution in [-0.2, 0) is 9.47 Å². The second-order valence-electron chi connectivity index (χ2n) is 6.14. The zero-order valence-corrected chi connectivity index (χ0v) is 12.0. The van der Waals surface area contributed by atoms with Crippen molar-refractivity contribution in [3.8, 4) is 0 Å². The highest BCUT2D eigenvalue weighted by Crippen LogP contribution is 2.32. The van der Waals surface area contributed by atoms with E-state index in [-0.39, 0.29) is 11.7 Å². The molecule has 106 valence electrons. The first kappa shape index (κ1) is 14.3. The summed E-state index contributed by atoms with van der Waals surface area (Å²) >= 11 is 0. The van der Waals surface area contributed by atoms with E-state index in [1.165, 1.54) is 51.4 Å². The summed E-state index contributed by atoms with van der Waals surface area (Å²) in [6.07, 6.45) is 10.7. The standard InChI is InChI=1S/C15H29NO2/c1-13(11-17-2)18-15(12-16-14-7-8-14)9-5-3-4-6-10-15/h13-14,16H,3-12H2,1-2H3. The molecule has 18 heavy (non-hydrogen) atoms. The monoisotopic (exact) mass is 255 g/mol. The zero-order chi connectivity index (χ0) is 12.8. The molecular weight excluding hydrogens is 226 g/mol. The molecule has 0 saturated heterocycles. The quantitative estimate of drug-likeness (QED) is 0.710. The molecule has 0 aliphatic heterocycles. The van der Waals surface area contributed by atoms with Gasteiger partial charge in [0.25, 0.3) is 0 Å². The molecular formula is C15H29NO2. The molecule has 3 heteroatoms. The molecule has 3 nitrogen and oxygen atoms in total. The summed E-state index contributed by atoms with van der Waals surface area (Å²) in [5.74, 6) is 0. The van der Waals surface area contributed by atoms with E-state index < -0.39 is 0 Å².